The monoisotopic (exact) mass is 434 g/mol. The molecule has 5 atom stereocenters. The van der Waals surface area contributed by atoms with E-state index in [0.717, 1.165) is 23.1 Å². The molecule has 0 unspecified atom stereocenters. The second-order valence-electron chi connectivity index (χ2n) is 8.53. The second-order valence-corrected chi connectivity index (χ2v) is 8.53. The number of carbonyl (C=O) groups is 3. The lowest BCUT2D eigenvalue weighted by atomic mass is 9.73. The van der Waals surface area contributed by atoms with E-state index in [1.165, 1.54) is 13.8 Å². The van der Waals surface area contributed by atoms with Gasteiger partial charge in [0.15, 0.2) is 0 Å². The first-order valence-electron chi connectivity index (χ1n) is 10.8. The molecule has 0 aromatic carbocycles. The molecular weight excluding hydrogens is 400 g/mol. The second kappa shape index (κ2) is 11.2. The first-order valence-corrected chi connectivity index (χ1v) is 10.8. The third kappa shape index (κ3) is 7.26. The van der Waals surface area contributed by atoms with Crippen LogP contribution in [0.3, 0.4) is 0 Å². The van der Waals surface area contributed by atoms with Gasteiger partial charge in [-0.2, -0.15) is 0 Å². The molecule has 0 aromatic heterocycles. The number of rotatable bonds is 9. The Kier molecular flexibility index (Phi) is 8.89. The van der Waals surface area contributed by atoms with Crippen molar-refractivity contribution in [2.24, 2.45) is 11.8 Å². The Hall–Kier alpha value is -2.57. The Morgan fingerprint density at radius 2 is 1.97 bits per heavy atom. The standard InChI is InChI=1S/C24H34O7/c1-14(2)10-11-21-20-13-28-24(30-18(6)26)23(19(20)12-22(27)31-21)15(3)8-7-9-16(4)29-17(5)25/h10,13,16,19,21,23-24H,3,7-9,11-12H2,1-2,4-6H3/t16-,19+,21+,23-,24-/m0/s1. The van der Waals surface area contributed by atoms with Crippen LogP contribution in [-0.4, -0.2) is 36.4 Å². The summed E-state index contributed by atoms with van der Waals surface area (Å²) in [5, 5.41) is 0. The van der Waals surface area contributed by atoms with E-state index in [-0.39, 0.29) is 36.3 Å². The molecule has 31 heavy (non-hydrogen) atoms. The van der Waals surface area contributed by atoms with E-state index >= 15 is 0 Å². The van der Waals surface area contributed by atoms with Crippen LogP contribution in [0.5, 0.6) is 0 Å². The van der Waals surface area contributed by atoms with E-state index in [4.69, 9.17) is 18.9 Å². The molecule has 0 aliphatic carbocycles. The molecule has 0 radical (unpaired) electrons. The van der Waals surface area contributed by atoms with Gasteiger partial charge in [-0.1, -0.05) is 23.8 Å². The third-order valence-corrected chi connectivity index (χ3v) is 5.49. The summed E-state index contributed by atoms with van der Waals surface area (Å²) in [5.41, 5.74) is 2.86. The predicted molar refractivity (Wildman–Crippen MR) is 114 cm³/mol. The molecule has 2 aliphatic heterocycles. The summed E-state index contributed by atoms with van der Waals surface area (Å²) in [5.74, 6) is -1.59. The largest absolute Gasteiger partial charge is 0.463 e. The first-order chi connectivity index (χ1) is 14.6. The molecule has 172 valence electrons. The van der Waals surface area contributed by atoms with Crippen molar-refractivity contribution in [2.75, 3.05) is 0 Å². The summed E-state index contributed by atoms with van der Waals surface area (Å²) in [6, 6.07) is 0. The fourth-order valence-electron chi connectivity index (χ4n) is 4.12. The predicted octanol–water partition coefficient (Wildman–Crippen LogP) is 4.37. The van der Waals surface area contributed by atoms with Gasteiger partial charge in [0.25, 0.3) is 0 Å². The van der Waals surface area contributed by atoms with Crippen molar-refractivity contribution in [3.05, 3.63) is 35.6 Å². The summed E-state index contributed by atoms with van der Waals surface area (Å²) < 4.78 is 22.0. The fraction of sp³-hybridized carbons (Fsp3) is 0.625. The topological polar surface area (TPSA) is 88.1 Å². The Morgan fingerprint density at radius 1 is 1.26 bits per heavy atom. The molecular formula is C24H34O7. The average Bonchev–Trinajstić information content (AvgIpc) is 2.64. The van der Waals surface area contributed by atoms with Crippen LogP contribution in [0.4, 0.5) is 0 Å². The Labute approximate surface area is 184 Å². The zero-order chi connectivity index (χ0) is 23.1. The number of carbonyl (C=O) groups excluding carboxylic acids is 3. The molecule has 2 rings (SSSR count). The van der Waals surface area contributed by atoms with Gasteiger partial charge in [0.2, 0.25) is 6.29 Å². The maximum Gasteiger partial charge on any atom is 0.307 e. The average molecular weight is 435 g/mol. The SMILES string of the molecule is C=C(CCC[C@H](C)OC(C)=O)[C@@H]1[C@H](OC(C)=O)OC=C2[C@H]1CC(=O)O[C@@H]2CC=C(C)C. The summed E-state index contributed by atoms with van der Waals surface area (Å²) in [7, 11) is 0. The van der Waals surface area contributed by atoms with Crippen molar-refractivity contribution >= 4 is 17.9 Å². The molecule has 0 N–H and O–H groups in total. The summed E-state index contributed by atoms with van der Waals surface area (Å²) in [6.07, 6.45) is 5.00. The number of esters is 3. The quantitative estimate of drug-likeness (QED) is 0.302. The van der Waals surface area contributed by atoms with Crippen LogP contribution in [0.15, 0.2) is 35.6 Å². The molecule has 0 saturated carbocycles. The minimum Gasteiger partial charge on any atom is -0.463 e. The van der Waals surface area contributed by atoms with Crippen LogP contribution >= 0.6 is 0 Å². The fourth-order valence-corrected chi connectivity index (χ4v) is 4.12. The smallest absolute Gasteiger partial charge is 0.307 e. The molecule has 7 nitrogen and oxygen atoms in total. The Bertz CT molecular complexity index is 760. The van der Waals surface area contributed by atoms with Gasteiger partial charge in [0.05, 0.1) is 24.7 Å². The molecule has 0 aromatic rings. The lowest BCUT2D eigenvalue weighted by Crippen LogP contribution is -2.45. The molecule has 2 heterocycles. The van der Waals surface area contributed by atoms with Gasteiger partial charge < -0.3 is 18.9 Å². The van der Waals surface area contributed by atoms with Crippen LogP contribution in [0.1, 0.15) is 66.7 Å². The van der Waals surface area contributed by atoms with Crippen molar-refractivity contribution in [1.29, 1.82) is 0 Å². The summed E-state index contributed by atoms with van der Waals surface area (Å²) in [4.78, 5) is 35.1. The van der Waals surface area contributed by atoms with Crippen LogP contribution in [0.25, 0.3) is 0 Å². The van der Waals surface area contributed by atoms with E-state index in [9.17, 15) is 14.4 Å². The van der Waals surface area contributed by atoms with E-state index < -0.39 is 18.4 Å². The van der Waals surface area contributed by atoms with Crippen LogP contribution in [0.2, 0.25) is 0 Å². The van der Waals surface area contributed by atoms with Crippen LogP contribution in [0, 0.1) is 11.8 Å². The Balaban J connectivity index is 2.18. The number of fused-ring (bicyclic) bond motifs is 1. The van der Waals surface area contributed by atoms with E-state index in [1.807, 2.05) is 26.8 Å². The van der Waals surface area contributed by atoms with Gasteiger partial charge in [0.1, 0.15) is 6.10 Å². The zero-order valence-corrected chi connectivity index (χ0v) is 19.1. The van der Waals surface area contributed by atoms with Gasteiger partial charge in [-0.05, 0) is 40.0 Å². The molecule has 7 heteroatoms. The van der Waals surface area contributed by atoms with Gasteiger partial charge in [-0.25, -0.2) is 0 Å². The van der Waals surface area contributed by atoms with Crippen LogP contribution in [-0.2, 0) is 33.3 Å². The highest BCUT2D eigenvalue weighted by Crippen LogP contribution is 2.44. The van der Waals surface area contributed by atoms with E-state index in [2.05, 4.69) is 6.58 Å². The maximum absolute atomic E-state index is 12.4. The number of allylic oxidation sites excluding steroid dienone is 1. The van der Waals surface area contributed by atoms with Gasteiger partial charge >= 0.3 is 17.9 Å². The zero-order valence-electron chi connectivity index (χ0n) is 19.1. The number of hydrogen-bond donors (Lipinski definition) is 0. The van der Waals surface area contributed by atoms with Crippen molar-refractivity contribution in [1.82, 2.24) is 0 Å². The molecule has 0 spiro atoms. The molecule has 1 saturated heterocycles. The van der Waals surface area contributed by atoms with Gasteiger partial charge in [0, 0.05) is 31.8 Å². The van der Waals surface area contributed by atoms with E-state index in [0.29, 0.717) is 19.3 Å². The van der Waals surface area contributed by atoms with Gasteiger partial charge in [-0.3, -0.25) is 14.4 Å². The first kappa shape index (κ1) is 24.7. The third-order valence-electron chi connectivity index (χ3n) is 5.49. The lowest BCUT2D eigenvalue weighted by molar-refractivity contribution is -0.185. The minimum atomic E-state index is -0.834. The highest BCUT2D eigenvalue weighted by Gasteiger charge is 2.46. The van der Waals surface area contributed by atoms with Crippen molar-refractivity contribution in [2.45, 2.75) is 85.2 Å². The van der Waals surface area contributed by atoms with E-state index in [1.54, 1.807) is 6.26 Å². The number of ether oxygens (including phenoxy) is 4. The normalized spacial score (nSPS) is 25.7. The molecule has 0 bridgehead atoms. The molecule has 0 amide bonds. The van der Waals surface area contributed by atoms with Crippen molar-refractivity contribution < 1.29 is 33.3 Å². The van der Waals surface area contributed by atoms with Crippen molar-refractivity contribution in [3.63, 3.8) is 0 Å². The summed E-state index contributed by atoms with van der Waals surface area (Å²) in [6.45, 7) is 12.8. The summed E-state index contributed by atoms with van der Waals surface area (Å²) >= 11 is 0. The minimum absolute atomic E-state index is 0.186. The Morgan fingerprint density at radius 3 is 2.58 bits per heavy atom. The number of hydrogen-bond acceptors (Lipinski definition) is 7. The lowest BCUT2D eigenvalue weighted by Gasteiger charge is -2.42. The molecule has 2 aliphatic rings. The number of cyclic esters (lactones) is 1. The highest BCUT2D eigenvalue weighted by atomic mass is 16.7. The van der Waals surface area contributed by atoms with Crippen molar-refractivity contribution in [3.8, 4) is 0 Å². The van der Waals surface area contributed by atoms with Crippen LogP contribution < -0.4 is 0 Å². The maximum atomic E-state index is 12.4. The highest BCUT2D eigenvalue weighted by molar-refractivity contribution is 5.72. The molecule has 1 fully saturated rings. The van der Waals surface area contributed by atoms with Gasteiger partial charge in [-0.15, -0.1) is 0 Å².